The van der Waals surface area contributed by atoms with Gasteiger partial charge in [-0.1, -0.05) is 12.1 Å². The summed E-state index contributed by atoms with van der Waals surface area (Å²) in [6.45, 7) is 0. The Labute approximate surface area is 114 Å². The van der Waals surface area contributed by atoms with Gasteiger partial charge in [0, 0.05) is 11.5 Å². The predicted molar refractivity (Wildman–Crippen MR) is 74.4 cm³/mol. The maximum Gasteiger partial charge on any atom is 0.336 e. The lowest BCUT2D eigenvalue weighted by Crippen LogP contribution is -1.98. The molecule has 0 fully saturated rings. The number of fused-ring (bicyclic) bond motifs is 1. The SMILES string of the molecule is COc1ccc2oc(=O)cc(-c3ccc(F)cc3)c2c1. The third-order valence-electron chi connectivity index (χ3n) is 3.10. The number of benzene rings is 2. The highest BCUT2D eigenvalue weighted by atomic mass is 19.1. The van der Waals surface area contributed by atoms with Gasteiger partial charge in [0.15, 0.2) is 0 Å². The van der Waals surface area contributed by atoms with Crippen molar-refractivity contribution >= 4 is 11.0 Å². The number of methoxy groups -OCH3 is 1. The highest BCUT2D eigenvalue weighted by Gasteiger charge is 2.09. The molecular weight excluding hydrogens is 259 g/mol. The van der Waals surface area contributed by atoms with Crippen molar-refractivity contribution in [2.75, 3.05) is 7.11 Å². The first-order valence-electron chi connectivity index (χ1n) is 6.05. The van der Waals surface area contributed by atoms with E-state index in [9.17, 15) is 9.18 Å². The van der Waals surface area contributed by atoms with Gasteiger partial charge in [0.05, 0.1) is 7.11 Å². The first-order chi connectivity index (χ1) is 9.67. The number of ether oxygens (including phenoxy) is 1. The van der Waals surface area contributed by atoms with E-state index in [-0.39, 0.29) is 5.82 Å². The summed E-state index contributed by atoms with van der Waals surface area (Å²) in [5.74, 6) is 0.341. The number of halogens is 1. The average molecular weight is 270 g/mol. The Kier molecular flexibility index (Phi) is 2.99. The average Bonchev–Trinajstić information content (AvgIpc) is 2.47. The van der Waals surface area contributed by atoms with E-state index in [0.29, 0.717) is 16.9 Å². The maximum absolute atomic E-state index is 13.0. The largest absolute Gasteiger partial charge is 0.497 e. The van der Waals surface area contributed by atoms with Crippen LogP contribution in [0.2, 0.25) is 0 Å². The molecule has 0 amide bonds. The fourth-order valence-corrected chi connectivity index (χ4v) is 2.14. The molecule has 0 saturated carbocycles. The van der Waals surface area contributed by atoms with E-state index in [1.54, 1.807) is 37.4 Å². The molecule has 0 aliphatic heterocycles. The number of hydrogen-bond donors (Lipinski definition) is 0. The van der Waals surface area contributed by atoms with E-state index in [0.717, 1.165) is 10.9 Å². The Bertz CT molecular complexity index is 819. The molecule has 3 rings (SSSR count). The van der Waals surface area contributed by atoms with E-state index >= 15 is 0 Å². The quantitative estimate of drug-likeness (QED) is 0.668. The first kappa shape index (κ1) is 12.4. The zero-order valence-corrected chi connectivity index (χ0v) is 10.7. The van der Waals surface area contributed by atoms with Crippen LogP contribution in [-0.2, 0) is 0 Å². The van der Waals surface area contributed by atoms with Crippen molar-refractivity contribution in [3.05, 3.63) is 64.8 Å². The van der Waals surface area contributed by atoms with Gasteiger partial charge in [0.2, 0.25) is 0 Å². The van der Waals surface area contributed by atoms with Gasteiger partial charge < -0.3 is 9.15 Å². The predicted octanol–water partition coefficient (Wildman–Crippen LogP) is 3.61. The van der Waals surface area contributed by atoms with Crippen LogP contribution in [0, 0.1) is 5.82 Å². The zero-order valence-electron chi connectivity index (χ0n) is 10.7. The summed E-state index contributed by atoms with van der Waals surface area (Å²) >= 11 is 0. The molecule has 0 atom stereocenters. The zero-order chi connectivity index (χ0) is 14.1. The number of hydrogen-bond acceptors (Lipinski definition) is 3. The molecule has 0 radical (unpaired) electrons. The first-order valence-corrected chi connectivity index (χ1v) is 6.05. The van der Waals surface area contributed by atoms with E-state index in [1.165, 1.54) is 18.2 Å². The fraction of sp³-hybridized carbons (Fsp3) is 0.0625. The number of rotatable bonds is 2. The van der Waals surface area contributed by atoms with Crippen molar-refractivity contribution < 1.29 is 13.5 Å². The monoisotopic (exact) mass is 270 g/mol. The van der Waals surface area contributed by atoms with Gasteiger partial charge in [-0.15, -0.1) is 0 Å². The fourth-order valence-electron chi connectivity index (χ4n) is 2.14. The minimum atomic E-state index is -0.443. The molecule has 3 nitrogen and oxygen atoms in total. The summed E-state index contributed by atoms with van der Waals surface area (Å²) in [5, 5.41) is 0.746. The Morgan fingerprint density at radius 1 is 1.05 bits per heavy atom. The van der Waals surface area contributed by atoms with Crippen LogP contribution in [0.3, 0.4) is 0 Å². The van der Waals surface area contributed by atoms with Crippen LogP contribution in [0.1, 0.15) is 0 Å². The van der Waals surface area contributed by atoms with Crippen molar-refractivity contribution in [1.82, 2.24) is 0 Å². The molecule has 2 aromatic carbocycles. The molecule has 0 N–H and O–H groups in total. The molecule has 1 heterocycles. The normalized spacial score (nSPS) is 10.7. The lowest BCUT2D eigenvalue weighted by Gasteiger charge is -2.07. The summed E-state index contributed by atoms with van der Waals surface area (Å²) in [7, 11) is 1.57. The standard InChI is InChI=1S/C16H11FO3/c1-19-12-6-7-15-14(8-12)13(9-16(18)20-15)10-2-4-11(17)5-3-10/h2-9H,1H3. The summed E-state index contributed by atoms with van der Waals surface area (Å²) in [5.41, 5.74) is 1.47. The molecule has 1 aromatic heterocycles. The second kappa shape index (κ2) is 4.81. The van der Waals surface area contributed by atoms with Gasteiger partial charge in [-0.05, 0) is 41.5 Å². The van der Waals surface area contributed by atoms with Gasteiger partial charge in [0.25, 0.3) is 0 Å². The minimum Gasteiger partial charge on any atom is -0.497 e. The van der Waals surface area contributed by atoms with Crippen LogP contribution in [0.25, 0.3) is 22.1 Å². The smallest absolute Gasteiger partial charge is 0.336 e. The van der Waals surface area contributed by atoms with E-state index in [4.69, 9.17) is 9.15 Å². The molecule has 0 unspecified atom stereocenters. The Morgan fingerprint density at radius 3 is 2.50 bits per heavy atom. The highest BCUT2D eigenvalue weighted by Crippen LogP contribution is 2.30. The maximum atomic E-state index is 13.0. The molecule has 20 heavy (non-hydrogen) atoms. The topological polar surface area (TPSA) is 39.4 Å². The second-order valence-corrected chi connectivity index (χ2v) is 4.35. The molecule has 0 saturated heterocycles. The molecule has 0 aliphatic rings. The Hall–Kier alpha value is -2.62. The molecule has 3 aromatic rings. The van der Waals surface area contributed by atoms with Crippen LogP contribution in [0.15, 0.2) is 57.7 Å². The molecule has 100 valence electrons. The van der Waals surface area contributed by atoms with Crippen LogP contribution in [0.4, 0.5) is 4.39 Å². The molecule has 0 bridgehead atoms. The molecule has 4 heteroatoms. The second-order valence-electron chi connectivity index (χ2n) is 4.35. The summed E-state index contributed by atoms with van der Waals surface area (Å²) < 4.78 is 23.4. The Balaban J connectivity index is 2.32. The molecule has 0 spiro atoms. The van der Waals surface area contributed by atoms with Crippen molar-refractivity contribution in [3.8, 4) is 16.9 Å². The van der Waals surface area contributed by atoms with Gasteiger partial charge in [-0.3, -0.25) is 0 Å². The summed E-state index contributed by atoms with van der Waals surface area (Å²) in [6, 6.07) is 12.6. The van der Waals surface area contributed by atoms with Crippen LogP contribution in [-0.4, -0.2) is 7.11 Å². The molecular formula is C16H11FO3. The van der Waals surface area contributed by atoms with E-state index in [2.05, 4.69) is 0 Å². The van der Waals surface area contributed by atoms with Crippen molar-refractivity contribution in [3.63, 3.8) is 0 Å². The third-order valence-corrected chi connectivity index (χ3v) is 3.10. The minimum absolute atomic E-state index is 0.321. The van der Waals surface area contributed by atoms with Crippen molar-refractivity contribution in [1.29, 1.82) is 0 Å². The van der Waals surface area contributed by atoms with Crippen LogP contribution >= 0.6 is 0 Å². The van der Waals surface area contributed by atoms with Gasteiger partial charge in [-0.2, -0.15) is 0 Å². The summed E-state index contributed by atoms with van der Waals surface area (Å²) in [6.07, 6.45) is 0. The Morgan fingerprint density at radius 2 is 1.80 bits per heavy atom. The lowest BCUT2D eigenvalue weighted by atomic mass is 10.0. The van der Waals surface area contributed by atoms with Crippen LogP contribution in [0.5, 0.6) is 5.75 Å². The van der Waals surface area contributed by atoms with E-state index in [1.807, 2.05) is 0 Å². The van der Waals surface area contributed by atoms with Gasteiger partial charge in [0.1, 0.15) is 17.1 Å². The van der Waals surface area contributed by atoms with E-state index < -0.39 is 5.63 Å². The van der Waals surface area contributed by atoms with Crippen molar-refractivity contribution in [2.45, 2.75) is 0 Å². The highest BCUT2D eigenvalue weighted by molar-refractivity contribution is 5.93. The lowest BCUT2D eigenvalue weighted by molar-refractivity contribution is 0.415. The van der Waals surface area contributed by atoms with Crippen molar-refractivity contribution in [2.24, 2.45) is 0 Å². The summed E-state index contributed by atoms with van der Waals surface area (Å²) in [4.78, 5) is 11.6. The third kappa shape index (κ3) is 2.16. The van der Waals surface area contributed by atoms with Crippen LogP contribution < -0.4 is 10.4 Å². The molecule has 0 aliphatic carbocycles. The van der Waals surface area contributed by atoms with Gasteiger partial charge in [-0.25, -0.2) is 9.18 Å². The van der Waals surface area contributed by atoms with Gasteiger partial charge >= 0.3 is 5.63 Å².